The number of rotatable bonds is 2. The molecule has 2 aromatic rings. The molecule has 1 N–H and O–H groups in total. The third-order valence-electron chi connectivity index (χ3n) is 3.34. The third-order valence-corrected chi connectivity index (χ3v) is 3.34. The van der Waals surface area contributed by atoms with Crippen molar-refractivity contribution in [2.45, 2.75) is 25.6 Å². The normalized spacial score (nSPS) is 22.9. The molecule has 1 atom stereocenters. The van der Waals surface area contributed by atoms with Crippen LogP contribution in [0.5, 0.6) is 0 Å². The summed E-state index contributed by atoms with van der Waals surface area (Å²) in [5.41, 5.74) is 0.522. The number of nitrogens with zero attached hydrogens (tertiary/aromatic N) is 2. The summed E-state index contributed by atoms with van der Waals surface area (Å²) in [7, 11) is 0. The average molecular weight is 262 g/mol. The van der Waals surface area contributed by atoms with Gasteiger partial charge in [-0.2, -0.15) is 0 Å². The van der Waals surface area contributed by atoms with Crippen LogP contribution < -0.4 is 4.90 Å². The Morgan fingerprint density at radius 2 is 2.32 bits per heavy atom. The second-order valence-corrected chi connectivity index (χ2v) is 5.53. The minimum atomic E-state index is -0.306. The van der Waals surface area contributed by atoms with Gasteiger partial charge in [0, 0.05) is 19.3 Å². The molecule has 0 radical (unpaired) electrons. The molecule has 1 saturated heterocycles. The van der Waals surface area contributed by atoms with Crippen molar-refractivity contribution in [2.24, 2.45) is 0 Å². The Kier molecular flexibility index (Phi) is 2.95. The fourth-order valence-corrected chi connectivity index (χ4v) is 2.68. The number of furan rings is 1. The summed E-state index contributed by atoms with van der Waals surface area (Å²) in [5.74, 6) is 0.890. The minimum absolute atomic E-state index is 0.0152. The van der Waals surface area contributed by atoms with Crippen LogP contribution in [0.3, 0.4) is 0 Å². The van der Waals surface area contributed by atoms with Crippen molar-refractivity contribution in [1.82, 2.24) is 4.98 Å². The summed E-state index contributed by atoms with van der Waals surface area (Å²) in [6.45, 7) is 5.44. The van der Waals surface area contributed by atoms with E-state index in [2.05, 4.69) is 9.88 Å². The summed E-state index contributed by atoms with van der Waals surface area (Å²) >= 11 is 0. The highest BCUT2D eigenvalue weighted by Gasteiger charge is 2.34. The summed E-state index contributed by atoms with van der Waals surface area (Å²) in [5, 5.41) is 10.4. The number of hydrogen-bond donors (Lipinski definition) is 1. The second kappa shape index (κ2) is 4.51. The van der Waals surface area contributed by atoms with E-state index in [0.29, 0.717) is 6.54 Å². The van der Waals surface area contributed by atoms with E-state index < -0.39 is 0 Å². The average Bonchev–Trinajstić information content (AvgIpc) is 2.84. The molecule has 0 amide bonds. The molecule has 5 heteroatoms. The van der Waals surface area contributed by atoms with Gasteiger partial charge in [0.2, 0.25) is 0 Å². The Hall–Kier alpha value is -1.59. The molecule has 102 valence electrons. The molecule has 0 spiro atoms. The zero-order valence-electron chi connectivity index (χ0n) is 11.2. The lowest BCUT2D eigenvalue weighted by molar-refractivity contribution is -0.101. The first-order chi connectivity index (χ1) is 9.09. The lowest BCUT2D eigenvalue weighted by Gasteiger charge is -2.42. The molecule has 1 unspecified atom stereocenters. The van der Waals surface area contributed by atoms with Crippen LogP contribution in [0.2, 0.25) is 0 Å². The summed E-state index contributed by atoms with van der Waals surface area (Å²) in [4.78, 5) is 6.62. The minimum Gasteiger partial charge on any atom is -0.464 e. The molecule has 1 aliphatic rings. The van der Waals surface area contributed by atoms with Gasteiger partial charge in [-0.25, -0.2) is 4.98 Å². The number of fused-ring (bicyclic) bond motifs is 1. The van der Waals surface area contributed by atoms with E-state index in [1.54, 1.807) is 12.5 Å². The van der Waals surface area contributed by atoms with Crippen LogP contribution in [0.15, 0.2) is 29.0 Å². The number of aliphatic hydroxyl groups excluding tert-OH is 1. The van der Waals surface area contributed by atoms with Crippen molar-refractivity contribution in [2.75, 3.05) is 24.6 Å². The summed E-state index contributed by atoms with van der Waals surface area (Å²) < 4.78 is 11.2. The van der Waals surface area contributed by atoms with Gasteiger partial charge in [0.1, 0.15) is 11.4 Å². The van der Waals surface area contributed by atoms with Crippen LogP contribution in [0.4, 0.5) is 5.82 Å². The van der Waals surface area contributed by atoms with Crippen molar-refractivity contribution in [1.29, 1.82) is 0 Å². The largest absolute Gasteiger partial charge is 0.464 e. The molecule has 2 aromatic heterocycles. The summed E-state index contributed by atoms with van der Waals surface area (Å²) in [6, 6.07) is 3.78. The maximum atomic E-state index is 9.37. The van der Waals surface area contributed by atoms with E-state index in [1.165, 1.54) is 0 Å². The molecule has 0 aliphatic carbocycles. The van der Waals surface area contributed by atoms with E-state index in [4.69, 9.17) is 9.15 Å². The Bertz CT molecular complexity index is 579. The van der Waals surface area contributed by atoms with E-state index in [1.807, 2.05) is 26.0 Å². The van der Waals surface area contributed by atoms with Gasteiger partial charge in [-0.15, -0.1) is 0 Å². The van der Waals surface area contributed by atoms with Gasteiger partial charge in [-0.3, -0.25) is 0 Å². The molecule has 0 bridgehead atoms. The summed E-state index contributed by atoms with van der Waals surface area (Å²) in [6.07, 6.45) is 3.23. The molecule has 0 aromatic carbocycles. The smallest absolute Gasteiger partial charge is 0.139 e. The van der Waals surface area contributed by atoms with Crippen LogP contribution in [0, 0.1) is 0 Å². The van der Waals surface area contributed by atoms with Gasteiger partial charge in [-0.05, 0) is 26.0 Å². The lowest BCUT2D eigenvalue weighted by Crippen LogP contribution is -2.54. The van der Waals surface area contributed by atoms with Crippen molar-refractivity contribution in [3.8, 4) is 0 Å². The zero-order valence-corrected chi connectivity index (χ0v) is 11.2. The number of pyridine rings is 1. The van der Waals surface area contributed by atoms with Crippen LogP contribution in [-0.4, -0.2) is 41.5 Å². The predicted octanol–water partition coefficient (Wildman–Crippen LogP) is 1.80. The van der Waals surface area contributed by atoms with Crippen molar-refractivity contribution < 1.29 is 14.3 Å². The van der Waals surface area contributed by atoms with Gasteiger partial charge < -0.3 is 19.2 Å². The number of ether oxygens (including phenoxy) is 1. The van der Waals surface area contributed by atoms with Crippen LogP contribution in [-0.2, 0) is 4.74 Å². The van der Waals surface area contributed by atoms with E-state index in [0.717, 1.165) is 23.3 Å². The number of hydrogen-bond acceptors (Lipinski definition) is 5. The standard InChI is InChI=1S/C14H18N2O3/c1-14(2)9-16(7-10(8-17)19-14)13-11-4-6-18-12(11)3-5-15-13/h3-6,10,17H,7-9H2,1-2H3. The van der Waals surface area contributed by atoms with Crippen molar-refractivity contribution in [3.05, 3.63) is 24.6 Å². The molecule has 5 nitrogen and oxygen atoms in total. The first-order valence-electron chi connectivity index (χ1n) is 6.45. The number of aliphatic hydroxyl groups is 1. The second-order valence-electron chi connectivity index (χ2n) is 5.53. The highest BCUT2D eigenvalue weighted by atomic mass is 16.5. The predicted molar refractivity (Wildman–Crippen MR) is 72.3 cm³/mol. The monoisotopic (exact) mass is 262 g/mol. The SMILES string of the molecule is CC1(C)CN(c2nccc3occc23)CC(CO)O1. The fourth-order valence-electron chi connectivity index (χ4n) is 2.68. The number of aromatic nitrogens is 1. The Morgan fingerprint density at radius 3 is 3.11 bits per heavy atom. The van der Waals surface area contributed by atoms with Crippen molar-refractivity contribution >= 4 is 16.8 Å². The molecule has 0 saturated carbocycles. The van der Waals surface area contributed by atoms with Crippen molar-refractivity contribution in [3.63, 3.8) is 0 Å². The van der Waals surface area contributed by atoms with E-state index in [-0.39, 0.29) is 18.3 Å². The highest BCUT2D eigenvalue weighted by Crippen LogP contribution is 2.30. The Morgan fingerprint density at radius 1 is 1.47 bits per heavy atom. The molecular weight excluding hydrogens is 244 g/mol. The van der Waals surface area contributed by atoms with Crippen LogP contribution >= 0.6 is 0 Å². The number of anilines is 1. The van der Waals surface area contributed by atoms with E-state index in [9.17, 15) is 5.11 Å². The quantitative estimate of drug-likeness (QED) is 0.894. The fraction of sp³-hybridized carbons (Fsp3) is 0.500. The Balaban J connectivity index is 1.98. The lowest BCUT2D eigenvalue weighted by atomic mass is 10.0. The first-order valence-corrected chi connectivity index (χ1v) is 6.45. The van der Waals surface area contributed by atoms with Gasteiger partial charge in [0.25, 0.3) is 0 Å². The van der Waals surface area contributed by atoms with Gasteiger partial charge >= 0.3 is 0 Å². The first kappa shape index (κ1) is 12.4. The molecule has 1 fully saturated rings. The van der Waals surface area contributed by atoms with Gasteiger partial charge in [0.05, 0.1) is 30.0 Å². The van der Waals surface area contributed by atoms with Gasteiger partial charge in [-0.1, -0.05) is 0 Å². The van der Waals surface area contributed by atoms with Crippen LogP contribution in [0.25, 0.3) is 11.0 Å². The highest BCUT2D eigenvalue weighted by molar-refractivity contribution is 5.88. The topological polar surface area (TPSA) is 58.7 Å². The molecule has 1 aliphatic heterocycles. The zero-order chi connectivity index (χ0) is 13.5. The molecule has 3 rings (SSSR count). The third kappa shape index (κ3) is 2.31. The maximum absolute atomic E-state index is 9.37. The molecule has 3 heterocycles. The Labute approximate surface area is 111 Å². The molecule has 19 heavy (non-hydrogen) atoms. The number of morpholine rings is 1. The van der Waals surface area contributed by atoms with Gasteiger partial charge in [0.15, 0.2) is 0 Å². The maximum Gasteiger partial charge on any atom is 0.139 e. The van der Waals surface area contributed by atoms with E-state index >= 15 is 0 Å². The molecular formula is C14H18N2O3. The van der Waals surface area contributed by atoms with Crippen LogP contribution in [0.1, 0.15) is 13.8 Å².